The average Bonchev–Trinajstić information content (AvgIpc) is 3.47. The van der Waals surface area contributed by atoms with Crippen molar-refractivity contribution in [2.24, 2.45) is 0 Å². The third-order valence-electron chi connectivity index (χ3n) is 7.01. The molecular formula is C34H45FN6O3S. The minimum absolute atomic E-state index is 0.0731. The average molecular weight is 637 g/mol. The van der Waals surface area contributed by atoms with Crippen LogP contribution in [0.3, 0.4) is 0 Å². The molecule has 9 nitrogen and oxygen atoms in total. The normalized spacial score (nSPS) is 12.4. The van der Waals surface area contributed by atoms with E-state index in [4.69, 9.17) is 9.72 Å². The fraction of sp³-hybridized carbons (Fsp3) is 0.412. The van der Waals surface area contributed by atoms with E-state index < -0.39 is 5.82 Å². The maximum absolute atomic E-state index is 14.4. The van der Waals surface area contributed by atoms with Gasteiger partial charge in [-0.2, -0.15) is 0 Å². The van der Waals surface area contributed by atoms with Gasteiger partial charge in [0.1, 0.15) is 5.75 Å². The van der Waals surface area contributed by atoms with E-state index in [-0.39, 0.29) is 17.7 Å². The van der Waals surface area contributed by atoms with Crippen LogP contribution in [0.4, 0.5) is 10.1 Å². The first-order chi connectivity index (χ1) is 21.8. The molecule has 1 aliphatic heterocycles. The summed E-state index contributed by atoms with van der Waals surface area (Å²) in [6, 6.07) is 13.0. The smallest absolute Gasteiger partial charge is 0.219 e. The summed E-state index contributed by atoms with van der Waals surface area (Å²) in [5.41, 5.74) is 3.61. The van der Waals surface area contributed by atoms with Crippen molar-refractivity contribution in [1.82, 2.24) is 25.1 Å². The van der Waals surface area contributed by atoms with Crippen LogP contribution < -0.4 is 15.4 Å². The number of halogens is 1. The number of aromatic nitrogens is 2. The van der Waals surface area contributed by atoms with Gasteiger partial charge in [-0.25, -0.2) is 4.39 Å². The Morgan fingerprint density at radius 2 is 1.82 bits per heavy atom. The number of benzene rings is 1. The second-order valence-electron chi connectivity index (χ2n) is 10.4. The fourth-order valence-electron chi connectivity index (χ4n) is 4.74. The van der Waals surface area contributed by atoms with Crippen LogP contribution in [-0.2, 0) is 16.1 Å². The number of hydrogen-bond acceptors (Lipinski definition) is 8. The Kier molecular flexibility index (Phi) is 14.2. The number of likely N-dealkylation sites (tertiary alicyclic amines) is 1. The molecule has 0 radical (unpaired) electrons. The molecule has 2 N–H and O–H groups in total. The lowest BCUT2D eigenvalue weighted by molar-refractivity contribution is -0.134. The third kappa shape index (κ3) is 9.95. The molecule has 4 aromatic rings. The molecule has 3 aromatic heterocycles. The first-order valence-corrected chi connectivity index (χ1v) is 16.3. The molecule has 0 unspecified atom stereocenters. The van der Waals surface area contributed by atoms with Crippen LogP contribution in [0.5, 0.6) is 11.5 Å². The number of hydrogen-bond donors (Lipinski definition) is 2. The fourth-order valence-corrected chi connectivity index (χ4v) is 5.78. The van der Waals surface area contributed by atoms with E-state index in [0.717, 1.165) is 53.3 Å². The number of anilines is 1. The highest BCUT2D eigenvalue weighted by atomic mass is 32.1. The van der Waals surface area contributed by atoms with Crippen LogP contribution in [0.15, 0.2) is 54.9 Å². The summed E-state index contributed by atoms with van der Waals surface area (Å²) >= 11 is 1.55. The van der Waals surface area contributed by atoms with Crippen molar-refractivity contribution >= 4 is 39.6 Å². The highest BCUT2D eigenvalue weighted by molar-refractivity contribution is 7.22. The van der Waals surface area contributed by atoms with Crippen molar-refractivity contribution in [2.45, 2.75) is 60.0 Å². The van der Waals surface area contributed by atoms with E-state index in [0.29, 0.717) is 30.9 Å². The largest absolute Gasteiger partial charge is 0.453 e. The van der Waals surface area contributed by atoms with Gasteiger partial charge in [-0.15, -0.1) is 11.3 Å². The number of pyridine rings is 2. The Bertz CT molecular complexity index is 1500. The van der Waals surface area contributed by atoms with Gasteiger partial charge >= 0.3 is 0 Å². The van der Waals surface area contributed by atoms with E-state index in [1.165, 1.54) is 18.6 Å². The van der Waals surface area contributed by atoms with E-state index in [2.05, 4.69) is 46.5 Å². The van der Waals surface area contributed by atoms with Crippen molar-refractivity contribution in [3.05, 3.63) is 66.2 Å². The van der Waals surface area contributed by atoms with Gasteiger partial charge in [-0.05, 0) is 55.8 Å². The Hall–Kier alpha value is -4.09. The van der Waals surface area contributed by atoms with Gasteiger partial charge in [0.15, 0.2) is 11.6 Å². The lowest BCUT2D eigenvalue weighted by Gasteiger charge is -2.37. The van der Waals surface area contributed by atoms with Crippen LogP contribution in [0, 0.1) is 5.82 Å². The summed E-state index contributed by atoms with van der Waals surface area (Å²) in [6.07, 6.45) is 6.60. The minimum atomic E-state index is -0.416. The van der Waals surface area contributed by atoms with Crippen LogP contribution in [0.2, 0.25) is 0 Å². The number of rotatable bonds is 12. The Labute approximate surface area is 269 Å². The number of amides is 2. The lowest BCUT2D eigenvalue weighted by Crippen LogP contribution is -2.58. The summed E-state index contributed by atoms with van der Waals surface area (Å²) in [4.78, 5) is 34.8. The molecule has 11 heteroatoms. The Morgan fingerprint density at radius 1 is 1.09 bits per heavy atom. The predicted molar refractivity (Wildman–Crippen MR) is 181 cm³/mol. The van der Waals surface area contributed by atoms with E-state index in [9.17, 15) is 14.0 Å². The molecule has 5 rings (SSSR count). The van der Waals surface area contributed by atoms with Crippen LogP contribution in [0.1, 0.15) is 53.0 Å². The zero-order valence-electron chi connectivity index (χ0n) is 27.1. The topological polar surface area (TPSA) is 99.7 Å². The maximum atomic E-state index is 14.4. The first-order valence-electron chi connectivity index (χ1n) is 15.5. The molecule has 2 amide bonds. The predicted octanol–water partition coefficient (Wildman–Crippen LogP) is 6.94. The maximum Gasteiger partial charge on any atom is 0.219 e. The molecule has 0 saturated carbocycles. The standard InChI is InChI=1S/C26H29FN4OS.C6H10N2O2.C2H6/c1-4-12-31(13-5-2)17-18-6-8-21(30-16-18)25-15-22-26(33-25)24(10-11-29-22)32-23-9-7-19(28-3)14-20(23)27;1-5(10)8-2-6(3-8)7-4-9;1-2/h6-11,14-16,28H,4-5,12-13,17H2,1-3H3;4,6H,2-3H2,1H3,(H,7,9);1-2H3. The molecule has 1 aromatic carbocycles. The Morgan fingerprint density at radius 3 is 2.40 bits per heavy atom. The molecule has 0 spiro atoms. The number of carbonyl (C=O) groups is 2. The van der Waals surface area contributed by atoms with Crippen LogP contribution in [0.25, 0.3) is 20.8 Å². The zero-order chi connectivity index (χ0) is 32.8. The van der Waals surface area contributed by atoms with Crippen molar-refractivity contribution in [2.75, 3.05) is 38.5 Å². The van der Waals surface area contributed by atoms with Crippen LogP contribution >= 0.6 is 11.3 Å². The monoisotopic (exact) mass is 636 g/mol. The van der Waals surface area contributed by atoms with Crippen molar-refractivity contribution in [1.29, 1.82) is 0 Å². The number of nitrogens with one attached hydrogen (secondary N) is 2. The van der Waals surface area contributed by atoms with Gasteiger partial charge in [0, 0.05) is 63.8 Å². The quantitative estimate of drug-likeness (QED) is 0.163. The Balaban J connectivity index is 0.000000389. The highest BCUT2D eigenvalue weighted by Crippen LogP contribution is 2.39. The van der Waals surface area contributed by atoms with E-state index >= 15 is 0 Å². The van der Waals surface area contributed by atoms with E-state index in [1.54, 1.807) is 47.7 Å². The summed E-state index contributed by atoms with van der Waals surface area (Å²) in [7, 11) is 1.75. The summed E-state index contributed by atoms with van der Waals surface area (Å²) in [6.45, 7) is 14.4. The van der Waals surface area contributed by atoms with Gasteiger partial charge < -0.3 is 20.3 Å². The van der Waals surface area contributed by atoms with Crippen LogP contribution in [-0.4, -0.2) is 71.4 Å². The number of carbonyl (C=O) groups excluding carboxylic acids is 2. The second-order valence-corrected chi connectivity index (χ2v) is 11.4. The molecule has 1 fully saturated rings. The van der Waals surface area contributed by atoms with Crippen molar-refractivity contribution in [3.8, 4) is 22.1 Å². The lowest BCUT2D eigenvalue weighted by atomic mass is 10.1. The molecular weight excluding hydrogens is 591 g/mol. The molecule has 1 saturated heterocycles. The SMILES string of the molecule is CC.CC(=O)N1CC(NC=O)C1.CCCN(CCC)Cc1ccc(-c2cc3nccc(Oc4ccc(NC)cc4F)c3s2)nc1. The second kappa shape index (κ2) is 18.0. The van der Waals surface area contributed by atoms with Gasteiger partial charge in [0.2, 0.25) is 12.3 Å². The molecule has 0 atom stereocenters. The van der Waals surface area contributed by atoms with E-state index in [1.807, 2.05) is 26.1 Å². The summed E-state index contributed by atoms with van der Waals surface area (Å²) in [5.74, 6) is 0.423. The van der Waals surface area contributed by atoms with Crippen molar-refractivity contribution in [3.63, 3.8) is 0 Å². The molecule has 0 bridgehead atoms. The van der Waals surface area contributed by atoms with Crippen molar-refractivity contribution < 1.29 is 18.7 Å². The molecule has 45 heavy (non-hydrogen) atoms. The van der Waals surface area contributed by atoms with Gasteiger partial charge in [-0.3, -0.25) is 24.5 Å². The minimum Gasteiger partial charge on any atom is -0.453 e. The first kappa shape index (κ1) is 35.4. The highest BCUT2D eigenvalue weighted by Gasteiger charge is 2.27. The number of thiophene rings is 1. The number of nitrogens with zero attached hydrogens (tertiary/aromatic N) is 4. The number of fused-ring (bicyclic) bond motifs is 1. The third-order valence-corrected chi connectivity index (χ3v) is 8.17. The molecule has 1 aliphatic rings. The molecule has 242 valence electrons. The number of ether oxygens (including phenoxy) is 1. The zero-order valence-corrected chi connectivity index (χ0v) is 27.9. The summed E-state index contributed by atoms with van der Waals surface area (Å²) < 4.78 is 21.2. The van der Waals surface area contributed by atoms with Gasteiger partial charge in [-0.1, -0.05) is 33.8 Å². The molecule has 0 aliphatic carbocycles. The summed E-state index contributed by atoms with van der Waals surface area (Å²) in [5, 5.41) is 5.52. The van der Waals surface area contributed by atoms with Gasteiger partial charge in [0.25, 0.3) is 0 Å². The van der Waals surface area contributed by atoms with Gasteiger partial charge in [0.05, 0.1) is 26.8 Å². The molecule has 4 heterocycles.